The quantitative estimate of drug-likeness (QED) is 0.595. The van der Waals surface area contributed by atoms with Crippen molar-refractivity contribution in [2.45, 2.75) is 32.9 Å². The molecule has 0 radical (unpaired) electrons. The van der Waals surface area contributed by atoms with Crippen LogP contribution in [0.4, 0.5) is 17.5 Å². The molecule has 162 valence electrons. The summed E-state index contributed by atoms with van der Waals surface area (Å²) in [6.45, 7) is 9.00. The van der Waals surface area contributed by atoms with E-state index in [1.165, 1.54) is 0 Å². The van der Waals surface area contributed by atoms with Crippen molar-refractivity contribution in [3.05, 3.63) is 36.3 Å². The number of carbonyl (C=O) groups is 1. The summed E-state index contributed by atoms with van der Waals surface area (Å²) in [6.07, 6.45) is 4.78. The molecule has 0 bridgehead atoms. The second kappa shape index (κ2) is 8.14. The third-order valence-corrected chi connectivity index (χ3v) is 6.06. The highest BCUT2D eigenvalue weighted by atomic mass is 16.2. The van der Waals surface area contributed by atoms with E-state index in [4.69, 9.17) is 4.98 Å². The van der Waals surface area contributed by atoms with Crippen molar-refractivity contribution in [3.63, 3.8) is 0 Å². The molecular weight excluding hydrogens is 392 g/mol. The lowest BCUT2D eigenvalue weighted by atomic mass is 10.0. The van der Waals surface area contributed by atoms with Crippen molar-refractivity contribution in [1.82, 2.24) is 30.2 Å². The first-order valence-electron chi connectivity index (χ1n) is 10.9. The second-order valence-corrected chi connectivity index (χ2v) is 8.55. The zero-order valence-electron chi connectivity index (χ0n) is 17.9. The molecule has 9 heteroatoms. The maximum absolute atomic E-state index is 12.5. The van der Waals surface area contributed by atoms with Crippen molar-refractivity contribution in [3.8, 4) is 0 Å². The Bertz CT molecular complexity index is 1080. The second-order valence-electron chi connectivity index (χ2n) is 8.55. The molecule has 0 saturated carbocycles. The monoisotopic (exact) mass is 420 g/mol. The lowest BCUT2D eigenvalue weighted by Gasteiger charge is -2.28. The summed E-state index contributed by atoms with van der Waals surface area (Å²) in [6, 6.07) is 5.98. The molecule has 2 aliphatic heterocycles. The zero-order valence-corrected chi connectivity index (χ0v) is 17.9. The van der Waals surface area contributed by atoms with Crippen molar-refractivity contribution in [2.75, 3.05) is 36.4 Å². The molecular formula is C22H28N8O. The molecule has 0 aromatic carbocycles. The van der Waals surface area contributed by atoms with E-state index in [1.807, 2.05) is 22.9 Å². The third-order valence-electron chi connectivity index (χ3n) is 6.06. The van der Waals surface area contributed by atoms with Gasteiger partial charge in [0.25, 0.3) is 5.91 Å². The molecule has 1 fully saturated rings. The van der Waals surface area contributed by atoms with Crippen LogP contribution in [0.2, 0.25) is 0 Å². The van der Waals surface area contributed by atoms with Crippen molar-refractivity contribution in [2.24, 2.45) is 5.92 Å². The molecule has 2 aliphatic rings. The minimum atomic E-state index is -0.0570. The molecule has 5 rings (SSSR count). The summed E-state index contributed by atoms with van der Waals surface area (Å²) in [5, 5.41) is 10.6. The van der Waals surface area contributed by atoms with Crippen LogP contribution in [-0.2, 0) is 6.54 Å². The van der Waals surface area contributed by atoms with Gasteiger partial charge in [-0.25, -0.2) is 9.97 Å². The van der Waals surface area contributed by atoms with Gasteiger partial charge in [0, 0.05) is 43.8 Å². The molecule has 31 heavy (non-hydrogen) atoms. The van der Waals surface area contributed by atoms with Crippen LogP contribution in [0.5, 0.6) is 0 Å². The molecule has 3 aromatic heterocycles. The van der Waals surface area contributed by atoms with E-state index in [0.717, 1.165) is 49.3 Å². The fourth-order valence-corrected chi connectivity index (χ4v) is 4.20. The highest BCUT2D eigenvalue weighted by molar-refractivity contribution is 5.98. The van der Waals surface area contributed by atoms with Crippen LogP contribution in [0, 0.1) is 5.92 Å². The van der Waals surface area contributed by atoms with Crippen LogP contribution in [0.1, 0.15) is 30.8 Å². The van der Waals surface area contributed by atoms with Crippen molar-refractivity contribution in [1.29, 1.82) is 0 Å². The Hall–Kier alpha value is -3.20. The molecule has 3 aromatic rings. The molecule has 1 saturated heterocycles. The first-order chi connectivity index (χ1) is 15.1. The normalized spacial score (nSPS) is 19.3. The maximum atomic E-state index is 12.5. The van der Waals surface area contributed by atoms with Gasteiger partial charge in [0.15, 0.2) is 0 Å². The molecule has 5 heterocycles. The summed E-state index contributed by atoms with van der Waals surface area (Å²) < 4.78 is 2.00. The van der Waals surface area contributed by atoms with Crippen LogP contribution in [0.3, 0.4) is 0 Å². The van der Waals surface area contributed by atoms with E-state index in [1.54, 1.807) is 6.20 Å². The van der Waals surface area contributed by atoms with Gasteiger partial charge in [-0.05, 0) is 37.1 Å². The number of nitrogens with one attached hydrogen (secondary N) is 3. The smallest absolute Gasteiger partial charge is 0.268 e. The van der Waals surface area contributed by atoms with Gasteiger partial charge in [-0.3, -0.25) is 4.79 Å². The molecule has 3 N–H and O–H groups in total. The van der Waals surface area contributed by atoms with Gasteiger partial charge in [-0.15, -0.1) is 0 Å². The van der Waals surface area contributed by atoms with Gasteiger partial charge >= 0.3 is 0 Å². The summed E-state index contributed by atoms with van der Waals surface area (Å²) in [5.41, 5.74) is 2.52. The Morgan fingerprint density at radius 1 is 1.16 bits per heavy atom. The summed E-state index contributed by atoms with van der Waals surface area (Å²) in [7, 11) is 0. The van der Waals surface area contributed by atoms with E-state index in [-0.39, 0.29) is 11.9 Å². The highest BCUT2D eigenvalue weighted by Gasteiger charge is 2.28. The predicted molar refractivity (Wildman–Crippen MR) is 121 cm³/mol. The lowest BCUT2D eigenvalue weighted by molar-refractivity contribution is 0.0885. The van der Waals surface area contributed by atoms with Gasteiger partial charge in [-0.2, -0.15) is 4.98 Å². The number of anilines is 3. The average Bonchev–Trinajstić information content (AvgIpc) is 2.94. The number of hydrogen-bond acceptors (Lipinski definition) is 7. The largest absolute Gasteiger partial charge is 0.369 e. The summed E-state index contributed by atoms with van der Waals surface area (Å²) in [4.78, 5) is 28.5. The Morgan fingerprint density at radius 2 is 2.06 bits per heavy atom. The number of carbonyl (C=O) groups excluding carboxylic acids is 1. The minimum Gasteiger partial charge on any atom is -0.369 e. The summed E-state index contributed by atoms with van der Waals surface area (Å²) >= 11 is 0. The van der Waals surface area contributed by atoms with E-state index < -0.39 is 0 Å². The van der Waals surface area contributed by atoms with Crippen LogP contribution in [0.25, 0.3) is 11.0 Å². The Labute approximate surface area is 181 Å². The Kier molecular flexibility index (Phi) is 5.19. The topological polar surface area (TPSA) is 100 Å². The summed E-state index contributed by atoms with van der Waals surface area (Å²) in [5.74, 6) is 1.45. The maximum Gasteiger partial charge on any atom is 0.268 e. The molecule has 1 unspecified atom stereocenters. The Morgan fingerprint density at radius 3 is 2.87 bits per heavy atom. The van der Waals surface area contributed by atoms with Crippen molar-refractivity contribution < 1.29 is 4.79 Å². The number of rotatable bonds is 4. The molecule has 9 nitrogen and oxygen atoms in total. The number of amides is 1. The number of pyridine rings is 1. The van der Waals surface area contributed by atoms with Gasteiger partial charge in [0.2, 0.25) is 5.95 Å². The van der Waals surface area contributed by atoms with E-state index >= 15 is 0 Å². The number of fused-ring (bicyclic) bond motifs is 3. The van der Waals surface area contributed by atoms with Gasteiger partial charge < -0.3 is 25.4 Å². The standard InChI is InChI=1S/C22H28N8O/c1-14(2)17-13-30-18(21(31)26-17)10-15-11-25-22(28-20(15)30)27-19-5-4-16(12-24-19)29-8-3-6-23-7-9-29/h4-5,10-12,14,17,23H,3,6-9,13H2,1-2H3,(H,26,31)(H,24,25,27,28). The van der Waals surface area contributed by atoms with E-state index in [0.29, 0.717) is 29.9 Å². The van der Waals surface area contributed by atoms with Gasteiger partial charge in [0.05, 0.1) is 11.9 Å². The van der Waals surface area contributed by atoms with Crippen LogP contribution >= 0.6 is 0 Å². The Balaban J connectivity index is 1.37. The molecule has 1 atom stereocenters. The number of hydrogen-bond donors (Lipinski definition) is 3. The number of aromatic nitrogens is 4. The van der Waals surface area contributed by atoms with Crippen molar-refractivity contribution >= 4 is 34.4 Å². The van der Waals surface area contributed by atoms with Crippen LogP contribution in [0.15, 0.2) is 30.6 Å². The highest BCUT2D eigenvalue weighted by Crippen LogP contribution is 2.25. The van der Waals surface area contributed by atoms with E-state index in [9.17, 15) is 4.79 Å². The lowest BCUT2D eigenvalue weighted by Crippen LogP contribution is -2.46. The molecule has 0 spiro atoms. The van der Waals surface area contributed by atoms with Crippen LogP contribution < -0.4 is 20.9 Å². The average molecular weight is 421 g/mol. The minimum absolute atomic E-state index is 0.0570. The third kappa shape index (κ3) is 3.93. The van der Waals surface area contributed by atoms with Crippen LogP contribution in [-0.4, -0.2) is 57.6 Å². The number of nitrogens with zero attached hydrogens (tertiary/aromatic N) is 5. The molecule has 0 aliphatic carbocycles. The van der Waals surface area contributed by atoms with E-state index in [2.05, 4.69) is 50.7 Å². The zero-order chi connectivity index (χ0) is 21.4. The first-order valence-corrected chi connectivity index (χ1v) is 10.9. The van der Waals surface area contributed by atoms with Gasteiger partial charge in [0.1, 0.15) is 17.2 Å². The fourth-order valence-electron chi connectivity index (χ4n) is 4.20. The fraction of sp³-hybridized carbons (Fsp3) is 0.455. The SMILES string of the molecule is CC(C)C1Cn2c(cc3cnc(Nc4ccc(N5CCCNCC5)cn4)nc32)C(=O)N1. The predicted octanol–water partition coefficient (Wildman–Crippen LogP) is 2.14. The van der Waals surface area contributed by atoms with Gasteiger partial charge in [-0.1, -0.05) is 13.8 Å². The molecule has 1 amide bonds. The first kappa shape index (κ1) is 19.7.